The Balaban J connectivity index is 1.94. The van der Waals surface area contributed by atoms with Gasteiger partial charge in [-0.15, -0.1) is 11.6 Å². The maximum absolute atomic E-state index is 5.70. The van der Waals surface area contributed by atoms with Crippen molar-refractivity contribution in [3.63, 3.8) is 0 Å². The Kier molecular flexibility index (Phi) is 2.55. The molecule has 0 radical (unpaired) electrons. The minimum absolute atomic E-state index is 0.0739. The molecule has 0 aromatic rings. The summed E-state index contributed by atoms with van der Waals surface area (Å²) < 4.78 is 16.5. The summed E-state index contributed by atoms with van der Waals surface area (Å²) in [7, 11) is 0. The quantitative estimate of drug-likeness (QED) is 0.584. The van der Waals surface area contributed by atoms with E-state index in [0.717, 1.165) is 26.1 Å². The van der Waals surface area contributed by atoms with E-state index in [1.54, 1.807) is 0 Å². The predicted molar refractivity (Wildman–Crippen MR) is 44.3 cm³/mol. The maximum atomic E-state index is 5.70. The zero-order valence-electron chi connectivity index (χ0n) is 6.92. The molecule has 70 valence electrons. The fraction of sp³-hybridized carbons (Fsp3) is 1.00. The van der Waals surface area contributed by atoms with Crippen molar-refractivity contribution < 1.29 is 14.2 Å². The highest BCUT2D eigenvalue weighted by molar-refractivity contribution is 6.18. The molecular weight excluding hydrogens is 180 g/mol. The molecule has 2 fully saturated rings. The van der Waals surface area contributed by atoms with E-state index in [0.29, 0.717) is 12.5 Å². The Morgan fingerprint density at radius 2 is 2.08 bits per heavy atom. The van der Waals surface area contributed by atoms with Crippen LogP contribution in [0.2, 0.25) is 0 Å². The molecule has 0 N–H and O–H groups in total. The third-order valence-corrected chi connectivity index (χ3v) is 2.68. The van der Waals surface area contributed by atoms with Crippen molar-refractivity contribution in [1.29, 1.82) is 0 Å². The van der Waals surface area contributed by atoms with Crippen molar-refractivity contribution >= 4 is 11.6 Å². The van der Waals surface area contributed by atoms with Crippen LogP contribution in [-0.4, -0.2) is 37.6 Å². The Bertz CT molecular complexity index is 156. The first-order chi connectivity index (χ1) is 5.85. The Labute approximate surface area is 76.9 Å². The maximum Gasteiger partial charge on any atom is 0.173 e. The molecule has 0 unspecified atom stereocenters. The van der Waals surface area contributed by atoms with Crippen LogP contribution in [0.1, 0.15) is 12.8 Å². The molecule has 1 atom stereocenters. The summed E-state index contributed by atoms with van der Waals surface area (Å²) in [6, 6.07) is 0. The molecule has 0 saturated carbocycles. The van der Waals surface area contributed by atoms with Crippen LogP contribution in [-0.2, 0) is 14.2 Å². The molecule has 2 aliphatic rings. The molecule has 0 aliphatic carbocycles. The van der Waals surface area contributed by atoms with Crippen LogP contribution in [0.4, 0.5) is 0 Å². The summed E-state index contributed by atoms with van der Waals surface area (Å²) in [5.74, 6) is 0.153. The van der Waals surface area contributed by atoms with Gasteiger partial charge in [-0.25, -0.2) is 0 Å². The summed E-state index contributed by atoms with van der Waals surface area (Å²) >= 11 is 5.67. The largest absolute Gasteiger partial charge is 0.381 e. The average Bonchev–Trinajstić information content (AvgIpc) is 2.50. The molecule has 0 amide bonds. The van der Waals surface area contributed by atoms with E-state index in [1.165, 1.54) is 0 Å². The summed E-state index contributed by atoms with van der Waals surface area (Å²) in [6.45, 7) is 2.09. The molecular formula is C8H13ClO3. The molecule has 0 aromatic heterocycles. The van der Waals surface area contributed by atoms with Crippen molar-refractivity contribution in [3.05, 3.63) is 0 Å². The second-order valence-electron chi connectivity index (χ2n) is 3.23. The van der Waals surface area contributed by atoms with Gasteiger partial charge in [-0.3, -0.25) is 0 Å². The summed E-state index contributed by atoms with van der Waals surface area (Å²) in [4.78, 5) is 0. The number of hydrogen-bond donors (Lipinski definition) is 0. The van der Waals surface area contributed by atoms with Gasteiger partial charge in [0.2, 0.25) is 0 Å². The normalized spacial score (nSPS) is 34.2. The van der Waals surface area contributed by atoms with E-state index in [9.17, 15) is 0 Å². The second-order valence-corrected chi connectivity index (χ2v) is 3.54. The van der Waals surface area contributed by atoms with Crippen molar-refractivity contribution in [3.8, 4) is 0 Å². The van der Waals surface area contributed by atoms with Gasteiger partial charge in [0.1, 0.15) is 0 Å². The molecule has 12 heavy (non-hydrogen) atoms. The Morgan fingerprint density at radius 3 is 2.67 bits per heavy atom. The van der Waals surface area contributed by atoms with Gasteiger partial charge in [-0.1, -0.05) is 0 Å². The zero-order valence-corrected chi connectivity index (χ0v) is 7.68. The van der Waals surface area contributed by atoms with Crippen molar-refractivity contribution in [2.75, 3.05) is 25.7 Å². The van der Waals surface area contributed by atoms with Crippen LogP contribution in [0.5, 0.6) is 0 Å². The van der Waals surface area contributed by atoms with Gasteiger partial charge in [0.15, 0.2) is 5.79 Å². The van der Waals surface area contributed by atoms with E-state index in [2.05, 4.69) is 0 Å². The fourth-order valence-electron chi connectivity index (χ4n) is 1.64. The predicted octanol–water partition coefficient (Wildman–Crippen LogP) is 1.15. The van der Waals surface area contributed by atoms with E-state index >= 15 is 0 Å². The number of ether oxygens (including phenoxy) is 3. The number of hydrogen-bond acceptors (Lipinski definition) is 3. The van der Waals surface area contributed by atoms with Crippen molar-refractivity contribution in [1.82, 2.24) is 0 Å². The van der Waals surface area contributed by atoms with Crippen LogP contribution >= 0.6 is 11.6 Å². The lowest BCUT2D eigenvalue weighted by molar-refractivity contribution is -0.209. The van der Waals surface area contributed by atoms with E-state index in [1.807, 2.05) is 0 Å². The van der Waals surface area contributed by atoms with E-state index in [-0.39, 0.29) is 11.9 Å². The molecule has 2 rings (SSSR count). The highest BCUT2D eigenvalue weighted by Crippen LogP contribution is 2.33. The Morgan fingerprint density at radius 1 is 1.33 bits per heavy atom. The van der Waals surface area contributed by atoms with E-state index in [4.69, 9.17) is 25.8 Å². The van der Waals surface area contributed by atoms with Gasteiger partial charge in [0.05, 0.1) is 31.8 Å². The third kappa shape index (κ3) is 1.59. The summed E-state index contributed by atoms with van der Waals surface area (Å²) in [6.07, 6.45) is 1.74. The third-order valence-electron chi connectivity index (χ3n) is 2.34. The fourth-order valence-corrected chi connectivity index (χ4v) is 1.79. The first-order valence-electron chi connectivity index (χ1n) is 4.30. The molecule has 0 aromatic carbocycles. The molecule has 2 saturated heterocycles. The monoisotopic (exact) mass is 192 g/mol. The lowest BCUT2D eigenvalue weighted by Crippen LogP contribution is -2.37. The molecule has 2 aliphatic heterocycles. The minimum atomic E-state index is -0.363. The first kappa shape index (κ1) is 8.75. The van der Waals surface area contributed by atoms with Crippen LogP contribution in [0, 0.1) is 0 Å². The van der Waals surface area contributed by atoms with Gasteiger partial charge < -0.3 is 14.2 Å². The minimum Gasteiger partial charge on any atom is -0.381 e. The van der Waals surface area contributed by atoms with Gasteiger partial charge >= 0.3 is 0 Å². The molecule has 0 bridgehead atoms. The average molecular weight is 193 g/mol. The van der Waals surface area contributed by atoms with Gasteiger partial charge in [-0.05, 0) is 0 Å². The topological polar surface area (TPSA) is 27.7 Å². The van der Waals surface area contributed by atoms with Crippen LogP contribution in [0.15, 0.2) is 0 Å². The van der Waals surface area contributed by atoms with Crippen molar-refractivity contribution in [2.45, 2.75) is 24.7 Å². The van der Waals surface area contributed by atoms with E-state index < -0.39 is 0 Å². The molecule has 1 spiro atoms. The van der Waals surface area contributed by atoms with Crippen LogP contribution < -0.4 is 0 Å². The first-order valence-corrected chi connectivity index (χ1v) is 4.84. The smallest absolute Gasteiger partial charge is 0.173 e. The highest BCUT2D eigenvalue weighted by Gasteiger charge is 2.42. The molecule has 2 heterocycles. The lowest BCUT2D eigenvalue weighted by Gasteiger charge is -2.31. The summed E-state index contributed by atoms with van der Waals surface area (Å²) in [5, 5.41) is 0. The van der Waals surface area contributed by atoms with Crippen LogP contribution in [0.3, 0.4) is 0 Å². The number of rotatable bonds is 1. The second kappa shape index (κ2) is 3.50. The van der Waals surface area contributed by atoms with Crippen molar-refractivity contribution in [2.24, 2.45) is 0 Å². The van der Waals surface area contributed by atoms with Gasteiger partial charge in [0, 0.05) is 12.8 Å². The standard InChI is InChI=1S/C8H13ClO3/c9-5-7-6-11-8(12-7)1-3-10-4-2-8/h7H,1-6H2/t7-/m1/s1. The lowest BCUT2D eigenvalue weighted by atomic mass is 10.1. The Hall–Kier alpha value is 0.170. The SMILES string of the molecule is ClC[C@@H]1COC2(CCOCC2)O1. The van der Waals surface area contributed by atoms with Gasteiger partial charge in [0.25, 0.3) is 0 Å². The summed E-state index contributed by atoms with van der Waals surface area (Å²) in [5.41, 5.74) is 0. The zero-order chi connectivity index (χ0) is 8.44. The van der Waals surface area contributed by atoms with Crippen LogP contribution in [0.25, 0.3) is 0 Å². The highest BCUT2D eigenvalue weighted by atomic mass is 35.5. The molecule has 4 heteroatoms. The molecule has 3 nitrogen and oxygen atoms in total. The van der Waals surface area contributed by atoms with Gasteiger partial charge in [-0.2, -0.15) is 0 Å². The number of halogens is 1. The number of alkyl halides is 1.